The van der Waals surface area contributed by atoms with Crippen LogP contribution in [0.2, 0.25) is 0 Å². The van der Waals surface area contributed by atoms with E-state index < -0.39 is 0 Å². The molecule has 0 aliphatic rings. The van der Waals surface area contributed by atoms with Crippen molar-refractivity contribution in [2.45, 2.75) is 13.3 Å². The number of hydrogen-bond acceptors (Lipinski definition) is 4. The third kappa shape index (κ3) is 4.82. The van der Waals surface area contributed by atoms with E-state index in [1.54, 1.807) is 5.38 Å². The van der Waals surface area contributed by atoms with Crippen LogP contribution in [0.1, 0.15) is 11.3 Å². The fourth-order valence-electron chi connectivity index (χ4n) is 3.12. The van der Waals surface area contributed by atoms with Crippen LogP contribution in [0, 0.1) is 6.92 Å². The van der Waals surface area contributed by atoms with Gasteiger partial charge in [0.15, 0.2) is 5.13 Å². The van der Waals surface area contributed by atoms with Gasteiger partial charge in [0.25, 0.3) is 0 Å². The monoisotopic (exact) mass is 416 g/mol. The summed E-state index contributed by atoms with van der Waals surface area (Å²) in [4.78, 5) is 29.0. The molecule has 30 heavy (non-hydrogen) atoms. The highest BCUT2D eigenvalue weighted by Crippen LogP contribution is 2.23. The Morgan fingerprint density at radius 2 is 1.73 bits per heavy atom. The zero-order chi connectivity index (χ0) is 20.9. The maximum absolute atomic E-state index is 12.5. The molecule has 0 saturated heterocycles. The van der Waals surface area contributed by atoms with Crippen molar-refractivity contribution in [1.82, 2.24) is 4.98 Å². The number of fused-ring (bicyclic) bond motifs is 1. The second-order valence-electron chi connectivity index (χ2n) is 6.84. The van der Waals surface area contributed by atoms with Gasteiger partial charge in [0.2, 0.25) is 5.91 Å². The van der Waals surface area contributed by atoms with E-state index in [0.29, 0.717) is 16.5 Å². The number of aromatic nitrogens is 1. The summed E-state index contributed by atoms with van der Waals surface area (Å²) in [6.45, 7) is 1.96. The number of urea groups is 1. The summed E-state index contributed by atoms with van der Waals surface area (Å²) in [7, 11) is 0. The van der Waals surface area contributed by atoms with Crippen LogP contribution in [0.25, 0.3) is 10.8 Å². The van der Waals surface area contributed by atoms with Gasteiger partial charge in [0.1, 0.15) is 0 Å². The summed E-state index contributed by atoms with van der Waals surface area (Å²) in [6.07, 6.45) is 0.126. The summed E-state index contributed by atoms with van der Waals surface area (Å²) in [5.74, 6) is -0.160. The van der Waals surface area contributed by atoms with Crippen LogP contribution in [0.4, 0.5) is 21.3 Å². The second kappa shape index (κ2) is 8.75. The predicted octanol–water partition coefficient (Wildman–Crippen LogP) is 5.43. The lowest BCUT2D eigenvalue weighted by atomic mass is 10.1. The van der Waals surface area contributed by atoms with Crippen LogP contribution in [-0.2, 0) is 11.2 Å². The second-order valence-corrected chi connectivity index (χ2v) is 7.70. The molecule has 0 aliphatic carbocycles. The van der Waals surface area contributed by atoms with Crippen LogP contribution in [0.5, 0.6) is 0 Å². The number of carbonyl (C=O) groups excluding carboxylic acids is 2. The van der Waals surface area contributed by atoms with Gasteiger partial charge in [-0.05, 0) is 36.1 Å². The number of amides is 3. The topological polar surface area (TPSA) is 83.1 Å². The zero-order valence-corrected chi connectivity index (χ0v) is 17.1. The van der Waals surface area contributed by atoms with E-state index >= 15 is 0 Å². The standard InChI is InChI=1S/C23H20N4O2S/c1-15-6-4-9-17(12-15)24-22(29)27-23-25-18(14-30-23)13-21(28)26-20-11-5-8-16-7-2-3-10-19(16)20/h2-12,14H,13H2,1H3,(H,26,28)(H2,24,25,27,29). The van der Waals surface area contributed by atoms with Gasteiger partial charge in [-0.3, -0.25) is 10.1 Å². The van der Waals surface area contributed by atoms with E-state index in [2.05, 4.69) is 20.9 Å². The van der Waals surface area contributed by atoms with Crippen molar-refractivity contribution in [3.63, 3.8) is 0 Å². The molecular weight excluding hydrogens is 396 g/mol. The first-order valence-electron chi connectivity index (χ1n) is 9.43. The summed E-state index contributed by atoms with van der Waals surface area (Å²) in [5.41, 5.74) is 3.13. The molecule has 0 unspecified atom stereocenters. The number of hydrogen-bond donors (Lipinski definition) is 3. The van der Waals surface area contributed by atoms with Gasteiger partial charge in [-0.25, -0.2) is 9.78 Å². The van der Waals surface area contributed by atoms with Crippen molar-refractivity contribution in [2.75, 3.05) is 16.0 Å². The number of nitrogens with one attached hydrogen (secondary N) is 3. The van der Waals surface area contributed by atoms with Crippen molar-refractivity contribution < 1.29 is 9.59 Å². The number of benzene rings is 3. The van der Waals surface area contributed by atoms with E-state index in [-0.39, 0.29) is 18.4 Å². The number of anilines is 3. The Balaban J connectivity index is 1.36. The molecule has 1 heterocycles. The molecule has 3 N–H and O–H groups in total. The average Bonchev–Trinajstić information content (AvgIpc) is 3.14. The first kappa shape index (κ1) is 19.6. The van der Waals surface area contributed by atoms with Crippen LogP contribution < -0.4 is 16.0 Å². The maximum Gasteiger partial charge on any atom is 0.325 e. The van der Waals surface area contributed by atoms with Gasteiger partial charge in [-0.1, -0.05) is 48.5 Å². The number of thiazole rings is 1. The highest BCUT2D eigenvalue weighted by molar-refractivity contribution is 7.14. The van der Waals surface area contributed by atoms with E-state index in [4.69, 9.17) is 0 Å². The highest BCUT2D eigenvalue weighted by atomic mass is 32.1. The fraction of sp³-hybridized carbons (Fsp3) is 0.0870. The summed E-state index contributed by atoms with van der Waals surface area (Å²) in [5, 5.41) is 12.7. The maximum atomic E-state index is 12.5. The van der Waals surface area contributed by atoms with Crippen molar-refractivity contribution in [1.29, 1.82) is 0 Å². The lowest BCUT2D eigenvalue weighted by Gasteiger charge is -2.08. The molecule has 7 heteroatoms. The van der Waals surface area contributed by atoms with E-state index in [1.165, 1.54) is 11.3 Å². The van der Waals surface area contributed by atoms with Gasteiger partial charge in [0.05, 0.1) is 12.1 Å². The number of aryl methyl sites for hydroxylation is 1. The van der Waals surface area contributed by atoms with Crippen LogP contribution in [-0.4, -0.2) is 16.9 Å². The molecule has 3 aromatic carbocycles. The van der Waals surface area contributed by atoms with Crippen molar-refractivity contribution in [3.05, 3.63) is 83.4 Å². The lowest BCUT2D eigenvalue weighted by Crippen LogP contribution is -2.19. The Morgan fingerprint density at radius 1 is 0.933 bits per heavy atom. The minimum absolute atomic E-state index is 0.126. The third-order valence-electron chi connectivity index (χ3n) is 4.45. The smallest absolute Gasteiger partial charge is 0.325 e. The SMILES string of the molecule is Cc1cccc(NC(=O)Nc2nc(CC(=O)Nc3cccc4ccccc34)cs2)c1. The molecule has 0 radical (unpaired) electrons. The van der Waals surface area contributed by atoms with E-state index in [1.807, 2.05) is 73.7 Å². The van der Waals surface area contributed by atoms with Crippen LogP contribution >= 0.6 is 11.3 Å². The third-order valence-corrected chi connectivity index (χ3v) is 5.26. The summed E-state index contributed by atoms with van der Waals surface area (Å²) >= 11 is 1.28. The normalized spacial score (nSPS) is 10.6. The summed E-state index contributed by atoms with van der Waals surface area (Å²) in [6, 6.07) is 20.8. The van der Waals surface area contributed by atoms with Gasteiger partial charge < -0.3 is 10.6 Å². The molecule has 150 valence electrons. The molecule has 6 nitrogen and oxygen atoms in total. The van der Waals surface area contributed by atoms with Gasteiger partial charge >= 0.3 is 6.03 Å². The highest BCUT2D eigenvalue weighted by Gasteiger charge is 2.11. The minimum Gasteiger partial charge on any atom is -0.325 e. The van der Waals surface area contributed by atoms with Crippen LogP contribution in [0.3, 0.4) is 0 Å². The number of rotatable bonds is 5. The predicted molar refractivity (Wildman–Crippen MR) is 122 cm³/mol. The molecule has 0 spiro atoms. The molecule has 3 amide bonds. The van der Waals surface area contributed by atoms with Gasteiger partial charge in [-0.2, -0.15) is 0 Å². The molecule has 4 aromatic rings. The van der Waals surface area contributed by atoms with E-state index in [0.717, 1.165) is 22.0 Å². The Morgan fingerprint density at radius 3 is 2.60 bits per heavy atom. The zero-order valence-electron chi connectivity index (χ0n) is 16.3. The largest absolute Gasteiger partial charge is 0.325 e. The van der Waals surface area contributed by atoms with Crippen molar-refractivity contribution in [2.24, 2.45) is 0 Å². The Bertz CT molecular complexity index is 1210. The number of nitrogens with zero attached hydrogens (tertiary/aromatic N) is 1. The molecule has 0 saturated carbocycles. The molecular formula is C23H20N4O2S. The molecule has 0 atom stereocenters. The average molecular weight is 417 g/mol. The Hall–Kier alpha value is -3.71. The lowest BCUT2D eigenvalue weighted by molar-refractivity contribution is -0.115. The fourth-order valence-corrected chi connectivity index (χ4v) is 3.83. The molecule has 0 bridgehead atoms. The van der Waals surface area contributed by atoms with Gasteiger partial charge in [-0.15, -0.1) is 11.3 Å². The summed E-state index contributed by atoms with van der Waals surface area (Å²) < 4.78 is 0. The van der Waals surface area contributed by atoms with Crippen molar-refractivity contribution in [3.8, 4) is 0 Å². The molecule has 0 fully saturated rings. The number of carbonyl (C=O) groups is 2. The van der Waals surface area contributed by atoms with E-state index in [9.17, 15) is 9.59 Å². The molecule has 0 aliphatic heterocycles. The quantitative estimate of drug-likeness (QED) is 0.406. The van der Waals surface area contributed by atoms with Crippen LogP contribution in [0.15, 0.2) is 72.1 Å². The first-order valence-corrected chi connectivity index (χ1v) is 10.3. The Kier molecular flexibility index (Phi) is 5.72. The molecule has 4 rings (SSSR count). The minimum atomic E-state index is -0.373. The van der Waals surface area contributed by atoms with Crippen molar-refractivity contribution >= 4 is 50.6 Å². The first-order chi connectivity index (χ1) is 14.6. The Labute approximate surface area is 178 Å². The molecule has 1 aromatic heterocycles. The van der Waals surface area contributed by atoms with Gasteiger partial charge in [0, 0.05) is 22.1 Å².